The number of nitrogens with two attached hydrogens (primary N) is 1. The van der Waals surface area contributed by atoms with Gasteiger partial charge < -0.3 is 10.8 Å². The van der Waals surface area contributed by atoms with Gasteiger partial charge in [-0.25, -0.2) is 0 Å². The third kappa shape index (κ3) is 1.95. The number of phenols is 1. The largest absolute Gasteiger partial charge is 0.507 e. The van der Waals surface area contributed by atoms with Crippen molar-refractivity contribution in [3.63, 3.8) is 0 Å². The van der Waals surface area contributed by atoms with E-state index in [9.17, 15) is 4.79 Å². The Kier molecular flexibility index (Phi) is 3.05. The Balaban J connectivity index is 3.05. The SMILES string of the molecule is NCC(=O)c1ccc(O)c(I)c1. The lowest BCUT2D eigenvalue weighted by Gasteiger charge is -2.00. The molecule has 4 heteroatoms. The number of benzene rings is 1. The van der Waals surface area contributed by atoms with Crippen molar-refractivity contribution in [2.75, 3.05) is 6.54 Å². The summed E-state index contributed by atoms with van der Waals surface area (Å²) in [4.78, 5) is 11.1. The zero-order valence-corrected chi connectivity index (χ0v) is 8.41. The number of Topliss-reactive ketones (excluding diaryl/α,β-unsaturated/α-hetero) is 1. The van der Waals surface area contributed by atoms with Gasteiger partial charge in [-0.15, -0.1) is 0 Å². The summed E-state index contributed by atoms with van der Waals surface area (Å²) in [5.41, 5.74) is 5.72. The average molecular weight is 277 g/mol. The molecule has 0 fully saturated rings. The zero-order chi connectivity index (χ0) is 9.14. The molecule has 3 nitrogen and oxygen atoms in total. The van der Waals surface area contributed by atoms with Crippen LogP contribution in [0.25, 0.3) is 0 Å². The van der Waals surface area contributed by atoms with E-state index in [0.717, 1.165) is 0 Å². The maximum absolute atomic E-state index is 11.1. The summed E-state index contributed by atoms with van der Waals surface area (Å²) in [6.07, 6.45) is 0. The monoisotopic (exact) mass is 277 g/mol. The summed E-state index contributed by atoms with van der Waals surface area (Å²) in [5.74, 6) is 0.0667. The maximum atomic E-state index is 11.1. The molecule has 1 aromatic rings. The van der Waals surface area contributed by atoms with E-state index in [-0.39, 0.29) is 18.1 Å². The molecule has 0 saturated heterocycles. The molecular weight excluding hydrogens is 269 g/mol. The molecular formula is C8H8INO2. The van der Waals surface area contributed by atoms with Crippen molar-refractivity contribution in [2.45, 2.75) is 0 Å². The third-order valence-corrected chi connectivity index (χ3v) is 2.32. The lowest BCUT2D eigenvalue weighted by Crippen LogP contribution is -2.13. The number of aromatic hydroxyl groups is 1. The van der Waals surface area contributed by atoms with Gasteiger partial charge in [0.1, 0.15) is 5.75 Å². The van der Waals surface area contributed by atoms with Crippen LogP contribution in [0.2, 0.25) is 0 Å². The second kappa shape index (κ2) is 3.86. The topological polar surface area (TPSA) is 63.3 Å². The summed E-state index contributed by atoms with van der Waals surface area (Å²) in [6, 6.07) is 4.67. The van der Waals surface area contributed by atoms with Crippen molar-refractivity contribution in [1.29, 1.82) is 0 Å². The normalized spacial score (nSPS) is 9.83. The number of carbonyl (C=O) groups is 1. The molecule has 1 rings (SSSR count). The minimum absolute atomic E-state index is 0.000848. The Morgan fingerprint density at radius 1 is 1.58 bits per heavy atom. The molecule has 0 unspecified atom stereocenters. The highest BCUT2D eigenvalue weighted by atomic mass is 127. The van der Waals surface area contributed by atoms with Gasteiger partial charge in [0.25, 0.3) is 0 Å². The summed E-state index contributed by atoms with van der Waals surface area (Å²) in [7, 11) is 0. The molecule has 0 heterocycles. The molecule has 64 valence electrons. The van der Waals surface area contributed by atoms with Gasteiger partial charge in [-0.3, -0.25) is 4.79 Å². The number of phenolic OH excluding ortho intramolecular Hbond substituents is 1. The van der Waals surface area contributed by atoms with Crippen LogP contribution >= 0.6 is 22.6 Å². The van der Waals surface area contributed by atoms with Crippen molar-refractivity contribution < 1.29 is 9.90 Å². The molecule has 0 aliphatic rings. The molecule has 0 saturated carbocycles. The predicted molar refractivity (Wildman–Crippen MR) is 54.2 cm³/mol. The molecule has 0 atom stereocenters. The van der Waals surface area contributed by atoms with Crippen LogP contribution < -0.4 is 5.73 Å². The molecule has 0 aliphatic heterocycles. The van der Waals surface area contributed by atoms with Gasteiger partial charge in [0.15, 0.2) is 5.78 Å². The van der Waals surface area contributed by atoms with Crippen LogP contribution in [0.5, 0.6) is 5.75 Å². The van der Waals surface area contributed by atoms with Crippen molar-refractivity contribution in [3.8, 4) is 5.75 Å². The predicted octanol–water partition coefficient (Wildman–Crippen LogP) is 1.14. The van der Waals surface area contributed by atoms with Gasteiger partial charge in [0, 0.05) is 5.56 Å². The van der Waals surface area contributed by atoms with Crippen LogP contribution in [-0.4, -0.2) is 17.4 Å². The molecule has 0 aromatic heterocycles. The molecule has 0 bridgehead atoms. The summed E-state index contributed by atoms with van der Waals surface area (Å²) < 4.78 is 0.659. The van der Waals surface area contributed by atoms with Crippen molar-refractivity contribution in [2.24, 2.45) is 5.73 Å². The fourth-order valence-electron chi connectivity index (χ4n) is 0.798. The van der Waals surface area contributed by atoms with Crippen LogP contribution in [0.3, 0.4) is 0 Å². The average Bonchev–Trinajstić information content (AvgIpc) is 2.08. The maximum Gasteiger partial charge on any atom is 0.176 e. The molecule has 0 spiro atoms. The first-order valence-corrected chi connectivity index (χ1v) is 4.45. The number of rotatable bonds is 2. The van der Waals surface area contributed by atoms with Crippen LogP contribution in [0, 0.1) is 3.57 Å². The first-order valence-electron chi connectivity index (χ1n) is 3.37. The minimum Gasteiger partial charge on any atom is -0.507 e. The highest BCUT2D eigenvalue weighted by molar-refractivity contribution is 14.1. The van der Waals surface area contributed by atoms with E-state index in [4.69, 9.17) is 10.8 Å². The Morgan fingerprint density at radius 2 is 2.25 bits per heavy atom. The van der Waals surface area contributed by atoms with E-state index >= 15 is 0 Å². The lowest BCUT2D eigenvalue weighted by molar-refractivity contribution is 0.100. The van der Waals surface area contributed by atoms with Crippen molar-refractivity contribution in [1.82, 2.24) is 0 Å². The number of halogens is 1. The van der Waals surface area contributed by atoms with Gasteiger partial charge in [-0.05, 0) is 40.8 Å². The second-order valence-electron chi connectivity index (χ2n) is 2.29. The van der Waals surface area contributed by atoms with Gasteiger partial charge in [0.2, 0.25) is 0 Å². The molecule has 0 aliphatic carbocycles. The fraction of sp³-hybridized carbons (Fsp3) is 0.125. The van der Waals surface area contributed by atoms with E-state index in [0.29, 0.717) is 9.13 Å². The zero-order valence-electron chi connectivity index (χ0n) is 6.25. The molecule has 12 heavy (non-hydrogen) atoms. The Labute approximate surface area is 83.7 Å². The van der Waals surface area contributed by atoms with Crippen molar-refractivity contribution >= 4 is 28.4 Å². The minimum atomic E-state index is -0.118. The number of hydrogen-bond donors (Lipinski definition) is 2. The highest BCUT2D eigenvalue weighted by Crippen LogP contribution is 2.20. The summed E-state index contributed by atoms with van der Waals surface area (Å²) >= 11 is 1.96. The first kappa shape index (κ1) is 9.47. The number of carbonyl (C=O) groups excluding carboxylic acids is 1. The number of ketones is 1. The summed E-state index contributed by atoms with van der Waals surface area (Å²) in [5, 5.41) is 9.15. The quantitative estimate of drug-likeness (QED) is 0.629. The Bertz CT molecular complexity index is 312. The standard InChI is InChI=1S/C8H8INO2/c9-6-3-5(8(12)4-10)1-2-7(6)11/h1-3,11H,4,10H2. The smallest absolute Gasteiger partial charge is 0.176 e. The molecule has 0 radical (unpaired) electrons. The van der Waals surface area contributed by atoms with Gasteiger partial charge in [-0.2, -0.15) is 0 Å². The van der Waals surface area contributed by atoms with Crippen LogP contribution in [0.15, 0.2) is 18.2 Å². The van der Waals surface area contributed by atoms with Crippen LogP contribution in [0.1, 0.15) is 10.4 Å². The van der Waals surface area contributed by atoms with E-state index in [1.165, 1.54) is 6.07 Å². The Morgan fingerprint density at radius 3 is 2.75 bits per heavy atom. The molecule has 0 amide bonds. The fourth-order valence-corrected chi connectivity index (χ4v) is 1.31. The van der Waals surface area contributed by atoms with Crippen LogP contribution in [0.4, 0.5) is 0 Å². The van der Waals surface area contributed by atoms with E-state index in [1.807, 2.05) is 22.6 Å². The van der Waals surface area contributed by atoms with Gasteiger partial charge >= 0.3 is 0 Å². The van der Waals surface area contributed by atoms with Gasteiger partial charge in [-0.1, -0.05) is 0 Å². The number of hydrogen-bond acceptors (Lipinski definition) is 3. The van der Waals surface area contributed by atoms with E-state index in [1.54, 1.807) is 12.1 Å². The molecule has 1 aromatic carbocycles. The first-order chi connectivity index (χ1) is 5.65. The van der Waals surface area contributed by atoms with Gasteiger partial charge in [0.05, 0.1) is 10.1 Å². The lowest BCUT2D eigenvalue weighted by atomic mass is 10.1. The highest BCUT2D eigenvalue weighted by Gasteiger charge is 2.05. The Hall–Kier alpha value is -0.620. The summed E-state index contributed by atoms with van der Waals surface area (Å²) in [6.45, 7) is 0.000848. The third-order valence-electron chi connectivity index (χ3n) is 1.46. The van der Waals surface area contributed by atoms with E-state index < -0.39 is 0 Å². The molecule has 3 N–H and O–H groups in total. The van der Waals surface area contributed by atoms with Crippen LogP contribution in [-0.2, 0) is 0 Å². The second-order valence-corrected chi connectivity index (χ2v) is 3.46. The van der Waals surface area contributed by atoms with E-state index in [2.05, 4.69) is 0 Å². The van der Waals surface area contributed by atoms with Crippen molar-refractivity contribution in [3.05, 3.63) is 27.3 Å².